The van der Waals surface area contributed by atoms with E-state index in [9.17, 15) is 14.4 Å². The van der Waals surface area contributed by atoms with Gasteiger partial charge in [-0.3, -0.25) is 14.4 Å². The Hall–Kier alpha value is -3.67. The van der Waals surface area contributed by atoms with Crippen LogP contribution in [-0.4, -0.2) is 37.2 Å². The molecule has 0 saturated carbocycles. The number of esters is 3. The Balaban J connectivity index is 4.28. The smallest absolute Gasteiger partial charge is 0.306 e. The molecule has 6 heteroatoms. The first-order valence-electron chi connectivity index (χ1n) is 31.2. The Morgan fingerprint density at radius 2 is 0.527 bits per heavy atom. The van der Waals surface area contributed by atoms with E-state index in [4.69, 9.17) is 14.2 Å². The first-order chi connectivity index (χ1) is 36.5. The van der Waals surface area contributed by atoms with Crippen LogP contribution in [0.3, 0.4) is 0 Å². The van der Waals surface area contributed by atoms with Crippen molar-refractivity contribution < 1.29 is 28.6 Å². The summed E-state index contributed by atoms with van der Waals surface area (Å²) < 4.78 is 16.9. The third-order valence-electron chi connectivity index (χ3n) is 13.3. The molecule has 0 fully saturated rings. The van der Waals surface area contributed by atoms with E-state index in [0.29, 0.717) is 19.3 Å². The van der Waals surface area contributed by atoms with E-state index in [1.807, 2.05) is 0 Å². The van der Waals surface area contributed by atoms with Gasteiger partial charge in [-0.25, -0.2) is 0 Å². The lowest BCUT2D eigenvalue weighted by molar-refractivity contribution is -0.167. The largest absolute Gasteiger partial charge is 0.462 e. The van der Waals surface area contributed by atoms with Crippen molar-refractivity contribution in [3.63, 3.8) is 0 Å². The molecule has 0 saturated heterocycles. The Kier molecular flexibility index (Phi) is 58.8. The molecule has 0 amide bonds. The van der Waals surface area contributed by atoms with E-state index in [1.54, 1.807) is 0 Å². The zero-order valence-corrected chi connectivity index (χ0v) is 48.6. The van der Waals surface area contributed by atoms with E-state index in [2.05, 4.69) is 118 Å². The van der Waals surface area contributed by atoms with Crippen LogP contribution in [0.2, 0.25) is 0 Å². The van der Waals surface area contributed by atoms with Gasteiger partial charge in [0.15, 0.2) is 6.10 Å². The molecule has 74 heavy (non-hydrogen) atoms. The van der Waals surface area contributed by atoms with Crippen molar-refractivity contribution in [2.75, 3.05) is 13.2 Å². The third-order valence-corrected chi connectivity index (χ3v) is 13.3. The normalized spacial score (nSPS) is 12.7. The molecule has 0 rings (SSSR count). The lowest BCUT2D eigenvalue weighted by Crippen LogP contribution is -2.30. The monoisotopic (exact) mass is 1030 g/mol. The van der Waals surface area contributed by atoms with Crippen molar-refractivity contribution in [1.29, 1.82) is 0 Å². The molecule has 424 valence electrons. The number of hydrogen-bond donors (Lipinski definition) is 0. The van der Waals surface area contributed by atoms with Gasteiger partial charge in [-0.1, -0.05) is 259 Å². The summed E-state index contributed by atoms with van der Waals surface area (Å²) in [6, 6.07) is 0. The minimum absolute atomic E-state index is 0.0893. The quantitative estimate of drug-likeness (QED) is 0.0261. The summed E-state index contributed by atoms with van der Waals surface area (Å²) in [7, 11) is 0. The van der Waals surface area contributed by atoms with Gasteiger partial charge in [0.1, 0.15) is 13.2 Å². The lowest BCUT2D eigenvalue weighted by atomic mass is 10.0. The Labute approximate surface area is 457 Å². The summed E-state index contributed by atoms with van der Waals surface area (Å²) in [5.41, 5.74) is 0. The van der Waals surface area contributed by atoms with Gasteiger partial charge in [0.05, 0.1) is 0 Å². The molecular weight excluding hydrogens is 913 g/mol. The molecule has 0 N–H and O–H groups in total. The third kappa shape index (κ3) is 59.2. The second-order valence-electron chi connectivity index (χ2n) is 20.5. The molecule has 0 aliphatic rings. The summed E-state index contributed by atoms with van der Waals surface area (Å²) in [6.45, 7) is 6.40. The van der Waals surface area contributed by atoms with Gasteiger partial charge in [0.25, 0.3) is 0 Å². The Bertz CT molecular complexity index is 1460. The number of hydrogen-bond acceptors (Lipinski definition) is 6. The molecule has 0 bridgehead atoms. The average molecular weight is 1030 g/mol. The van der Waals surface area contributed by atoms with E-state index in [1.165, 1.54) is 135 Å². The fourth-order valence-electron chi connectivity index (χ4n) is 8.68. The summed E-state index contributed by atoms with van der Waals surface area (Å²) in [5, 5.41) is 0. The lowest BCUT2D eigenvalue weighted by Gasteiger charge is -2.18. The van der Waals surface area contributed by atoms with Gasteiger partial charge >= 0.3 is 17.9 Å². The van der Waals surface area contributed by atoms with Crippen LogP contribution in [0.1, 0.15) is 297 Å². The SMILES string of the molecule is CC/C=C\C/C=C\C/C=C\C/C=C\CCCCCCCCCCCCCCCCC(=O)OCC(COC(=O)CCCCC/C=C\C/C=C\C/C=C\CC)OC(=O)CCCCCCC/C=C\CCCCCCCCC. The van der Waals surface area contributed by atoms with Crippen LogP contribution in [0.25, 0.3) is 0 Å². The van der Waals surface area contributed by atoms with Crippen molar-refractivity contribution in [3.8, 4) is 0 Å². The van der Waals surface area contributed by atoms with Crippen LogP contribution in [0.4, 0.5) is 0 Å². The fourth-order valence-corrected chi connectivity index (χ4v) is 8.68. The number of carbonyl (C=O) groups excluding carboxylic acids is 3. The highest BCUT2D eigenvalue weighted by atomic mass is 16.6. The Morgan fingerprint density at radius 1 is 0.284 bits per heavy atom. The highest BCUT2D eigenvalue weighted by Crippen LogP contribution is 2.16. The summed E-state index contributed by atoms with van der Waals surface area (Å²) >= 11 is 0. The topological polar surface area (TPSA) is 78.9 Å². The first-order valence-corrected chi connectivity index (χ1v) is 31.2. The van der Waals surface area contributed by atoms with Crippen LogP contribution in [0.5, 0.6) is 0 Å². The zero-order valence-electron chi connectivity index (χ0n) is 48.6. The molecule has 0 radical (unpaired) electrons. The van der Waals surface area contributed by atoms with Gasteiger partial charge in [0.2, 0.25) is 0 Å². The van der Waals surface area contributed by atoms with Gasteiger partial charge < -0.3 is 14.2 Å². The standard InChI is InChI=1S/C68H116O6/c1-4-7-10-13-16-19-22-25-27-29-30-31-32-33-34-35-36-37-38-39-41-43-46-49-52-55-58-61-67(70)73-64-65(63-72-66(69)60-57-54-51-48-45-42-24-21-18-15-12-9-6-3)74-68(71)62-59-56-53-50-47-44-40-28-26-23-20-17-14-11-8-5-2/h7,9-10,12,16,18-19,21,25,27-28,30-31,40,42,45,65H,4-6,8,11,13-15,17,20,22-24,26,29,32-39,41,43-44,46-64H2,1-3H3/b10-7-,12-9-,19-16-,21-18-,27-25-,31-30-,40-28-,45-42-. The molecule has 1 atom stereocenters. The number of unbranched alkanes of at least 4 members (excludes halogenated alkanes) is 29. The Morgan fingerprint density at radius 3 is 0.851 bits per heavy atom. The van der Waals surface area contributed by atoms with E-state index < -0.39 is 6.10 Å². The summed E-state index contributed by atoms with van der Waals surface area (Å²) in [5.74, 6) is -0.921. The van der Waals surface area contributed by atoms with E-state index in [0.717, 1.165) is 122 Å². The molecule has 6 nitrogen and oxygen atoms in total. The predicted molar refractivity (Wildman–Crippen MR) is 320 cm³/mol. The van der Waals surface area contributed by atoms with Crippen molar-refractivity contribution in [2.24, 2.45) is 0 Å². The number of ether oxygens (including phenoxy) is 3. The first kappa shape index (κ1) is 70.3. The van der Waals surface area contributed by atoms with Crippen LogP contribution in [-0.2, 0) is 28.6 Å². The fraction of sp³-hybridized carbons (Fsp3) is 0.721. The van der Waals surface area contributed by atoms with Crippen LogP contribution in [0.15, 0.2) is 97.2 Å². The van der Waals surface area contributed by atoms with Crippen LogP contribution in [0, 0.1) is 0 Å². The minimum Gasteiger partial charge on any atom is -0.462 e. The summed E-state index contributed by atoms with van der Waals surface area (Å²) in [6.07, 6.45) is 82.8. The number of carbonyl (C=O) groups is 3. The van der Waals surface area contributed by atoms with E-state index in [-0.39, 0.29) is 31.1 Å². The number of rotatable bonds is 56. The van der Waals surface area contributed by atoms with Crippen molar-refractivity contribution in [2.45, 2.75) is 303 Å². The van der Waals surface area contributed by atoms with Gasteiger partial charge in [-0.05, 0) is 116 Å². The second-order valence-corrected chi connectivity index (χ2v) is 20.5. The zero-order chi connectivity index (χ0) is 53.6. The average Bonchev–Trinajstić information content (AvgIpc) is 3.40. The highest BCUT2D eigenvalue weighted by Gasteiger charge is 2.19. The van der Waals surface area contributed by atoms with E-state index >= 15 is 0 Å². The van der Waals surface area contributed by atoms with Crippen molar-refractivity contribution in [1.82, 2.24) is 0 Å². The molecule has 0 aromatic carbocycles. The van der Waals surface area contributed by atoms with Crippen LogP contribution >= 0.6 is 0 Å². The maximum absolute atomic E-state index is 12.9. The molecule has 1 unspecified atom stereocenters. The van der Waals surface area contributed by atoms with Gasteiger partial charge in [-0.2, -0.15) is 0 Å². The number of allylic oxidation sites excluding steroid dienone is 16. The molecule has 0 heterocycles. The van der Waals surface area contributed by atoms with Gasteiger partial charge in [-0.15, -0.1) is 0 Å². The molecule has 0 aliphatic carbocycles. The maximum Gasteiger partial charge on any atom is 0.306 e. The summed E-state index contributed by atoms with van der Waals surface area (Å²) in [4.78, 5) is 38.2. The predicted octanol–water partition coefficient (Wildman–Crippen LogP) is 21.3. The minimum atomic E-state index is -0.794. The maximum atomic E-state index is 12.9. The molecule has 0 aliphatic heterocycles. The van der Waals surface area contributed by atoms with Crippen molar-refractivity contribution >= 4 is 17.9 Å². The van der Waals surface area contributed by atoms with Gasteiger partial charge in [0, 0.05) is 19.3 Å². The molecule has 0 aromatic rings. The van der Waals surface area contributed by atoms with Crippen LogP contribution < -0.4 is 0 Å². The highest BCUT2D eigenvalue weighted by molar-refractivity contribution is 5.71. The molecule has 0 aromatic heterocycles. The molecular formula is C68H116O6. The molecule has 0 spiro atoms. The second kappa shape index (κ2) is 61.9. The van der Waals surface area contributed by atoms with Crippen molar-refractivity contribution in [3.05, 3.63) is 97.2 Å².